The molecule has 106 valence electrons. The molecule has 0 saturated heterocycles. The lowest BCUT2D eigenvalue weighted by atomic mass is 9.92. The number of fused-ring (bicyclic) bond motifs is 2. The van der Waals surface area contributed by atoms with Gasteiger partial charge in [-0.1, -0.05) is 36.4 Å². The topological polar surface area (TPSA) is 34.1 Å². The van der Waals surface area contributed by atoms with Gasteiger partial charge in [-0.05, 0) is 43.0 Å². The Hall–Kier alpha value is -1.78. The second-order valence-electron chi connectivity index (χ2n) is 5.17. The fraction of sp³-hybridized carbons (Fsp3) is 0. The Bertz CT molecular complexity index is 859. The van der Waals surface area contributed by atoms with Gasteiger partial charge in [0, 0.05) is 43.4 Å². The summed E-state index contributed by atoms with van der Waals surface area (Å²) in [6.45, 7) is 0. The third kappa shape index (κ3) is 1.84. The van der Waals surface area contributed by atoms with E-state index in [2.05, 4.69) is 31.9 Å². The number of ketones is 2. The van der Waals surface area contributed by atoms with Crippen LogP contribution < -0.4 is 0 Å². The molecule has 0 unspecified atom stereocenters. The summed E-state index contributed by atoms with van der Waals surface area (Å²) >= 11 is 6.96. The van der Waals surface area contributed by atoms with E-state index in [1.54, 1.807) is 12.2 Å². The fourth-order valence-corrected chi connectivity index (χ4v) is 4.28. The number of hydrogen-bond donors (Lipinski definition) is 0. The first-order chi connectivity index (χ1) is 10.6. The number of allylic oxidation sites excluding steroid dienone is 2. The zero-order chi connectivity index (χ0) is 15.4. The number of rotatable bonds is 1. The maximum Gasteiger partial charge on any atom is 0.187 e. The first-order valence-corrected chi connectivity index (χ1v) is 8.26. The summed E-state index contributed by atoms with van der Waals surface area (Å²) in [5.41, 5.74) is 5.05. The van der Waals surface area contributed by atoms with Gasteiger partial charge in [0.05, 0.1) is 0 Å². The van der Waals surface area contributed by atoms with Crippen LogP contribution in [-0.4, -0.2) is 11.6 Å². The molecule has 0 fully saturated rings. The van der Waals surface area contributed by atoms with Crippen molar-refractivity contribution in [3.05, 3.63) is 70.8 Å². The van der Waals surface area contributed by atoms with Crippen LogP contribution in [0.1, 0.15) is 31.8 Å². The molecule has 2 aliphatic carbocycles. The molecule has 0 bridgehead atoms. The summed E-state index contributed by atoms with van der Waals surface area (Å²) in [5, 5.41) is 0. The fourth-order valence-electron chi connectivity index (χ4n) is 3.01. The van der Waals surface area contributed by atoms with Crippen LogP contribution in [0.25, 0.3) is 20.1 Å². The average Bonchev–Trinajstić information content (AvgIpc) is 2.97. The Morgan fingerprint density at radius 1 is 0.591 bits per heavy atom. The summed E-state index contributed by atoms with van der Waals surface area (Å²) in [4.78, 5) is 24.1. The SMILES string of the molecule is O=C1C=C(Br)c2c1cccc2-c1cccc2c1C(Br)=CC2=O. The van der Waals surface area contributed by atoms with Gasteiger partial charge in [-0.25, -0.2) is 0 Å². The lowest BCUT2D eigenvalue weighted by molar-refractivity contribution is 0.104. The van der Waals surface area contributed by atoms with Crippen LogP contribution in [-0.2, 0) is 0 Å². The van der Waals surface area contributed by atoms with Crippen LogP contribution in [0.4, 0.5) is 0 Å². The Morgan fingerprint density at radius 2 is 0.955 bits per heavy atom. The predicted molar refractivity (Wildman–Crippen MR) is 94.3 cm³/mol. The van der Waals surface area contributed by atoms with Crippen LogP contribution in [0.3, 0.4) is 0 Å². The Labute approximate surface area is 143 Å². The van der Waals surface area contributed by atoms with Gasteiger partial charge < -0.3 is 0 Å². The molecule has 0 saturated carbocycles. The summed E-state index contributed by atoms with van der Waals surface area (Å²) in [5.74, 6) is 0.00368. The van der Waals surface area contributed by atoms with Crippen LogP contribution in [0, 0.1) is 0 Å². The molecule has 0 N–H and O–H groups in total. The minimum Gasteiger partial charge on any atom is -0.289 e. The highest BCUT2D eigenvalue weighted by Crippen LogP contribution is 2.44. The zero-order valence-electron chi connectivity index (χ0n) is 11.2. The van der Waals surface area contributed by atoms with E-state index in [9.17, 15) is 9.59 Å². The third-order valence-electron chi connectivity index (χ3n) is 3.94. The van der Waals surface area contributed by atoms with Gasteiger partial charge in [0.2, 0.25) is 0 Å². The van der Waals surface area contributed by atoms with Crippen molar-refractivity contribution < 1.29 is 9.59 Å². The quantitative estimate of drug-likeness (QED) is 0.639. The minimum atomic E-state index is 0.00184. The molecular formula is C18H8Br2O2. The van der Waals surface area contributed by atoms with Gasteiger partial charge >= 0.3 is 0 Å². The van der Waals surface area contributed by atoms with E-state index < -0.39 is 0 Å². The molecule has 0 atom stereocenters. The molecule has 4 rings (SSSR count). The number of halogens is 2. The molecule has 0 radical (unpaired) electrons. The van der Waals surface area contributed by atoms with E-state index in [0.29, 0.717) is 11.1 Å². The van der Waals surface area contributed by atoms with E-state index in [4.69, 9.17) is 0 Å². The van der Waals surface area contributed by atoms with Crippen LogP contribution in [0.15, 0.2) is 48.6 Å². The molecule has 2 aromatic rings. The summed E-state index contributed by atoms with van der Waals surface area (Å²) in [6, 6.07) is 11.4. The van der Waals surface area contributed by atoms with Crippen LogP contribution in [0.5, 0.6) is 0 Å². The second kappa shape index (κ2) is 4.86. The Balaban J connectivity index is 2.05. The van der Waals surface area contributed by atoms with Gasteiger partial charge in [-0.3, -0.25) is 9.59 Å². The van der Waals surface area contributed by atoms with Crippen LogP contribution in [0.2, 0.25) is 0 Å². The lowest BCUT2D eigenvalue weighted by Crippen LogP contribution is -1.97. The highest BCUT2D eigenvalue weighted by atomic mass is 79.9. The largest absolute Gasteiger partial charge is 0.289 e. The van der Waals surface area contributed by atoms with Crippen molar-refractivity contribution >= 4 is 52.4 Å². The molecular weight excluding hydrogens is 408 g/mol. The monoisotopic (exact) mass is 414 g/mol. The van der Waals surface area contributed by atoms with Gasteiger partial charge in [-0.15, -0.1) is 0 Å². The highest BCUT2D eigenvalue weighted by molar-refractivity contribution is 9.15. The molecule has 4 heteroatoms. The first-order valence-electron chi connectivity index (χ1n) is 6.68. The maximum atomic E-state index is 12.0. The predicted octanol–water partition coefficient (Wildman–Crippen LogP) is 5.22. The van der Waals surface area contributed by atoms with Crippen molar-refractivity contribution in [3.8, 4) is 11.1 Å². The van der Waals surface area contributed by atoms with Gasteiger partial charge in [-0.2, -0.15) is 0 Å². The van der Waals surface area contributed by atoms with Crippen LogP contribution >= 0.6 is 31.9 Å². The molecule has 0 spiro atoms. The van der Waals surface area contributed by atoms with E-state index in [1.807, 2.05) is 36.4 Å². The second-order valence-corrected chi connectivity index (χ2v) is 6.88. The minimum absolute atomic E-state index is 0.00184. The average molecular weight is 416 g/mol. The van der Waals surface area contributed by atoms with Crippen molar-refractivity contribution in [3.63, 3.8) is 0 Å². The number of carbonyl (C=O) groups excluding carboxylic acids is 2. The molecule has 0 aliphatic heterocycles. The van der Waals surface area contributed by atoms with E-state index >= 15 is 0 Å². The Kier molecular flexibility index (Phi) is 3.06. The lowest BCUT2D eigenvalue weighted by Gasteiger charge is -2.13. The standard InChI is InChI=1S/C18H8Br2O2/c19-13-7-15(21)11-5-1-3-9(17(11)13)10-4-2-6-12-16(22)8-14(20)18(10)12/h1-8H. The smallest absolute Gasteiger partial charge is 0.187 e. The summed E-state index contributed by atoms with van der Waals surface area (Å²) in [7, 11) is 0. The molecule has 2 aromatic carbocycles. The molecule has 22 heavy (non-hydrogen) atoms. The molecule has 2 aliphatic rings. The maximum absolute atomic E-state index is 12.0. The summed E-state index contributed by atoms with van der Waals surface area (Å²) in [6.07, 6.45) is 3.18. The molecule has 2 nitrogen and oxygen atoms in total. The van der Waals surface area contributed by atoms with Gasteiger partial charge in [0.25, 0.3) is 0 Å². The zero-order valence-corrected chi connectivity index (χ0v) is 14.4. The van der Waals surface area contributed by atoms with E-state index in [0.717, 1.165) is 31.2 Å². The van der Waals surface area contributed by atoms with Gasteiger partial charge in [0.1, 0.15) is 0 Å². The van der Waals surface area contributed by atoms with Crippen molar-refractivity contribution in [1.29, 1.82) is 0 Å². The summed E-state index contributed by atoms with van der Waals surface area (Å²) < 4.78 is 1.57. The molecule has 0 amide bonds. The molecule has 0 heterocycles. The Morgan fingerprint density at radius 3 is 1.36 bits per heavy atom. The molecule has 0 aromatic heterocycles. The van der Waals surface area contributed by atoms with E-state index in [-0.39, 0.29) is 11.6 Å². The number of hydrogen-bond acceptors (Lipinski definition) is 2. The highest BCUT2D eigenvalue weighted by Gasteiger charge is 2.27. The number of carbonyl (C=O) groups is 2. The van der Waals surface area contributed by atoms with Crippen molar-refractivity contribution in [2.45, 2.75) is 0 Å². The van der Waals surface area contributed by atoms with Crippen molar-refractivity contribution in [2.24, 2.45) is 0 Å². The van der Waals surface area contributed by atoms with Crippen molar-refractivity contribution in [2.75, 3.05) is 0 Å². The van der Waals surface area contributed by atoms with Crippen molar-refractivity contribution in [1.82, 2.24) is 0 Å². The first kappa shape index (κ1) is 13.9. The van der Waals surface area contributed by atoms with Gasteiger partial charge in [0.15, 0.2) is 11.6 Å². The number of benzene rings is 2. The van der Waals surface area contributed by atoms with E-state index in [1.165, 1.54) is 0 Å². The normalized spacial score (nSPS) is 15.5. The third-order valence-corrected chi connectivity index (χ3v) is 5.19.